The number of rotatable bonds is 6. The van der Waals surface area contributed by atoms with Crippen molar-refractivity contribution in [3.05, 3.63) is 56.0 Å². The Balaban J connectivity index is 1.96. The summed E-state index contributed by atoms with van der Waals surface area (Å²) in [4.78, 5) is 30.5. The molecule has 0 aliphatic carbocycles. The molecule has 0 aliphatic heterocycles. The van der Waals surface area contributed by atoms with Crippen LogP contribution in [0.4, 0.5) is 0 Å². The number of hydrogen-bond acceptors (Lipinski definition) is 5. The number of halogens is 1. The largest absolute Gasteiger partial charge is 0.292 e. The molecule has 0 bridgehead atoms. The predicted molar refractivity (Wildman–Crippen MR) is 105 cm³/mol. The summed E-state index contributed by atoms with van der Waals surface area (Å²) < 4.78 is 2.29. The number of Topliss-reactive ketones (excluding diaryl/α,β-unsaturated/α-hetero) is 1. The summed E-state index contributed by atoms with van der Waals surface area (Å²) in [6, 6.07) is 10.8. The minimum Gasteiger partial charge on any atom is -0.292 e. The van der Waals surface area contributed by atoms with Crippen molar-refractivity contribution in [2.45, 2.75) is 31.5 Å². The fourth-order valence-electron chi connectivity index (χ4n) is 2.46. The molecular weight excluding hydrogens is 376 g/mol. The van der Waals surface area contributed by atoms with Crippen molar-refractivity contribution < 1.29 is 4.79 Å². The molecule has 2 aromatic heterocycles. The summed E-state index contributed by atoms with van der Waals surface area (Å²) in [5, 5.41) is 1.18. The van der Waals surface area contributed by atoms with Gasteiger partial charge in [0.2, 0.25) is 0 Å². The Morgan fingerprint density at radius 1 is 1.32 bits per heavy atom. The molecule has 0 radical (unpaired) electrons. The number of carbonyl (C=O) groups excluding carboxylic acids is 1. The Morgan fingerprint density at radius 2 is 2.08 bits per heavy atom. The average Bonchev–Trinajstić information content (AvgIpc) is 3.05. The Morgan fingerprint density at radius 3 is 2.76 bits per heavy atom. The lowest BCUT2D eigenvalue weighted by Crippen LogP contribution is -2.26. The van der Waals surface area contributed by atoms with Gasteiger partial charge in [-0.2, -0.15) is 0 Å². The molecule has 7 heteroatoms. The predicted octanol–water partition coefficient (Wildman–Crippen LogP) is 5.06. The lowest BCUT2D eigenvalue weighted by Gasteiger charge is -2.18. The van der Waals surface area contributed by atoms with Crippen LogP contribution in [0.3, 0.4) is 0 Å². The highest BCUT2D eigenvalue weighted by molar-refractivity contribution is 7.99. The van der Waals surface area contributed by atoms with E-state index in [0.29, 0.717) is 25.3 Å². The maximum atomic E-state index is 12.9. The van der Waals surface area contributed by atoms with Crippen LogP contribution in [-0.4, -0.2) is 21.1 Å². The monoisotopic (exact) mass is 392 g/mol. The zero-order chi connectivity index (χ0) is 18.0. The number of thioether (sulfide) groups is 1. The third-order valence-electron chi connectivity index (χ3n) is 3.99. The van der Waals surface area contributed by atoms with Gasteiger partial charge >= 0.3 is 0 Å². The molecule has 1 atom stereocenters. The molecule has 1 unspecified atom stereocenters. The first-order valence-corrected chi connectivity index (χ1v) is 10.1. The number of para-hydroxylation sites is 1. The number of benzene rings is 1. The third-order valence-corrected chi connectivity index (χ3v) is 6.21. The highest BCUT2D eigenvalue weighted by Gasteiger charge is 2.17. The lowest BCUT2D eigenvalue weighted by atomic mass is 10.2. The van der Waals surface area contributed by atoms with Crippen molar-refractivity contribution in [3.63, 3.8) is 0 Å². The van der Waals surface area contributed by atoms with Crippen LogP contribution in [0, 0.1) is 0 Å². The molecule has 0 saturated heterocycles. The molecule has 2 heterocycles. The standard InChI is InChI=1S/C18H17ClN2O2S2/c1-3-11(2)21-17(23)12-6-4-5-7-13(12)20-18(21)24-10-14(22)15-8-9-16(19)25-15/h4-9,11H,3,10H2,1-2H3. The van der Waals surface area contributed by atoms with Gasteiger partial charge in [-0.1, -0.05) is 42.4 Å². The maximum Gasteiger partial charge on any atom is 0.262 e. The minimum atomic E-state index is -0.0610. The summed E-state index contributed by atoms with van der Waals surface area (Å²) in [5.74, 6) is 0.206. The second kappa shape index (κ2) is 7.72. The van der Waals surface area contributed by atoms with Gasteiger partial charge in [-0.15, -0.1) is 11.3 Å². The van der Waals surface area contributed by atoms with E-state index < -0.39 is 0 Å². The number of aromatic nitrogens is 2. The number of carbonyl (C=O) groups is 1. The van der Waals surface area contributed by atoms with E-state index in [4.69, 9.17) is 11.6 Å². The first-order valence-electron chi connectivity index (χ1n) is 7.94. The van der Waals surface area contributed by atoms with Gasteiger partial charge in [0.15, 0.2) is 10.9 Å². The highest BCUT2D eigenvalue weighted by atomic mass is 35.5. The second-order valence-electron chi connectivity index (χ2n) is 5.66. The van der Waals surface area contributed by atoms with Crippen LogP contribution in [0.5, 0.6) is 0 Å². The Hall–Kier alpha value is -1.63. The van der Waals surface area contributed by atoms with E-state index in [1.165, 1.54) is 23.1 Å². The molecule has 3 rings (SSSR count). The van der Waals surface area contributed by atoms with Crippen molar-refractivity contribution in [3.8, 4) is 0 Å². The Labute approximate surface area is 158 Å². The quantitative estimate of drug-likeness (QED) is 0.334. The van der Waals surface area contributed by atoms with Crippen molar-refractivity contribution in [1.82, 2.24) is 9.55 Å². The van der Waals surface area contributed by atoms with E-state index in [1.54, 1.807) is 22.8 Å². The number of hydrogen-bond donors (Lipinski definition) is 0. The molecule has 1 aromatic carbocycles. The van der Waals surface area contributed by atoms with Crippen molar-refractivity contribution >= 4 is 51.4 Å². The van der Waals surface area contributed by atoms with Crippen LogP contribution in [0.15, 0.2) is 46.3 Å². The molecule has 130 valence electrons. The van der Waals surface area contributed by atoms with E-state index in [1.807, 2.05) is 32.0 Å². The zero-order valence-corrected chi connectivity index (χ0v) is 16.2. The molecule has 0 N–H and O–H groups in total. The molecular formula is C18H17ClN2O2S2. The van der Waals surface area contributed by atoms with E-state index >= 15 is 0 Å². The smallest absolute Gasteiger partial charge is 0.262 e. The second-order valence-corrected chi connectivity index (χ2v) is 8.32. The third kappa shape index (κ3) is 3.81. The van der Waals surface area contributed by atoms with Crippen molar-refractivity contribution in [2.24, 2.45) is 0 Å². The van der Waals surface area contributed by atoms with Gasteiger partial charge < -0.3 is 0 Å². The number of thiophene rings is 1. The molecule has 4 nitrogen and oxygen atoms in total. The Bertz CT molecular complexity index is 981. The molecule has 0 saturated carbocycles. The summed E-state index contributed by atoms with van der Waals surface area (Å²) in [6.45, 7) is 4.02. The molecule has 0 fully saturated rings. The van der Waals surface area contributed by atoms with E-state index in [2.05, 4.69) is 4.98 Å². The van der Waals surface area contributed by atoms with E-state index in [-0.39, 0.29) is 23.1 Å². The summed E-state index contributed by atoms with van der Waals surface area (Å²) >= 11 is 8.46. The van der Waals surface area contributed by atoms with Crippen LogP contribution in [-0.2, 0) is 0 Å². The van der Waals surface area contributed by atoms with Gasteiger partial charge in [0.25, 0.3) is 5.56 Å². The van der Waals surface area contributed by atoms with Crippen LogP contribution in [0.1, 0.15) is 36.0 Å². The molecule has 0 aliphatic rings. The normalized spacial score (nSPS) is 12.4. The molecule has 0 spiro atoms. The molecule has 3 aromatic rings. The lowest BCUT2D eigenvalue weighted by molar-refractivity contribution is 0.102. The van der Waals surface area contributed by atoms with E-state index in [0.717, 1.165) is 6.42 Å². The first-order chi connectivity index (χ1) is 12.0. The minimum absolute atomic E-state index is 0.0124. The highest BCUT2D eigenvalue weighted by Crippen LogP contribution is 2.26. The Kier molecular flexibility index (Phi) is 5.61. The molecule has 25 heavy (non-hydrogen) atoms. The fraction of sp³-hybridized carbons (Fsp3) is 0.278. The van der Waals surface area contributed by atoms with Gasteiger partial charge in [-0.25, -0.2) is 4.98 Å². The first kappa shape index (κ1) is 18.2. The van der Waals surface area contributed by atoms with Gasteiger partial charge in [0, 0.05) is 6.04 Å². The van der Waals surface area contributed by atoms with Gasteiger partial charge in [-0.3, -0.25) is 14.2 Å². The van der Waals surface area contributed by atoms with Gasteiger partial charge in [-0.05, 0) is 37.6 Å². The van der Waals surface area contributed by atoms with Crippen LogP contribution in [0.2, 0.25) is 4.34 Å². The summed E-state index contributed by atoms with van der Waals surface area (Å²) in [7, 11) is 0. The van der Waals surface area contributed by atoms with Crippen molar-refractivity contribution in [1.29, 1.82) is 0 Å². The van der Waals surface area contributed by atoms with E-state index in [9.17, 15) is 9.59 Å². The number of nitrogens with zero attached hydrogens (tertiary/aromatic N) is 2. The molecule has 0 amide bonds. The van der Waals surface area contributed by atoms with Gasteiger partial charge in [0.05, 0.1) is 25.9 Å². The van der Waals surface area contributed by atoms with Gasteiger partial charge in [0.1, 0.15) is 0 Å². The summed E-state index contributed by atoms with van der Waals surface area (Å²) in [5.41, 5.74) is 0.593. The average molecular weight is 393 g/mol. The maximum absolute atomic E-state index is 12.9. The fourth-order valence-corrected chi connectivity index (χ4v) is 4.52. The van der Waals surface area contributed by atoms with Crippen LogP contribution in [0.25, 0.3) is 10.9 Å². The number of fused-ring (bicyclic) bond motifs is 1. The summed E-state index contributed by atoms with van der Waals surface area (Å²) in [6.07, 6.45) is 0.808. The van der Waals surface area contributed by atoms with Crippen molar-refractivity contribution in [2.75, 3.05) is 5.75 Å². The van der Waals surface area contributed by atoms with Crippen LogP contribution < -0.4 is 5.56 Å². The van der Waals surface area contributed by atoms with Crippen LogP contribution >= 0.6 is 34.7 Å². The number of ketones is 1. The SMILES string of the molecule is CCC(C)n1c(SCC(=O)c2ccc(Cl)s2)nc2ccccc2c1=O. The zero-order valence-electron chi connectivity index (χ0n) is 13.9. The topological polar surface area (TPSA) is 52.0 Å².